The first-order valence-electron chi connectivity index (χ1n) is 7.31. The standard InChI is InChI=1S/C12H10O.C4H6O3.C3H4N2/c1-3-7-11(8-4-1)13-12-9-5-2-6-10-12;1-3(7-2)4(5)6;1-2-4-5-3-1/h1-10H;1H2,2H3,(H,5,6);1-3H,(H,4,5). The van der Waals surface area contributed by atoms with Crippen LogP contribution >= 0.6 is 0 Å². The van der Waals surface area contributed by atoms with Crippen molar-refractivity contribution in [2.45, 2.75) is 0 Å². The summed E-state index contributed by atoms with van der Waals surface area (Å²) in [5, 5.41) is 14.2. The number of hydrogen-bond acceptors (Lipinski definition) is 4. The summed E-state index contributed by atoms with van der Waals surface area (Å²) < 4.78 is 9.80. The molecule has 3 aromatic rings. The SMILES string of the molecule is C=C(OC)C(=O)O.c1ccc(Oc2ccccc2)cc1.c1cn[nH]c1. The molecule has 2 aromatic carbocycles. The fourth-order valence-corrected chi connectivity index (χ4v) is 1.42. The monoisotopic (exact) mass is 340 g/mol. The average Bonchev–Trinajstić information content (AvgIpc) is 3.23. The number of carboxylic acids is 1. The Labute approximate surface area is 146 Å². The summed E-state index contributed by atoms with van der Waals surface area (Å²) in [7, 11) is 1.26. The number of carbonyl (C=O) groups is 1. The lowest BCUT2D eigenvalue weighted by molar-refractivity contribution is -0.136. The molecule has 0 amide bonds. The molecule has 0 fully saturated rings. The molecule has 130 valence electrons. The zero-order valence-corrected chi connectivity index (χ0v) is 13.8. The molecule has 6 nitrogen and oxygen atoms in total. The van der Waals surface area contributed by atoms with Crippen molar-refractivity contribution in [3.8, 4) is 11.5 Å². The topological polar surface area (TPSA) is 84.4 Å². The number of para-hydroxylation sites is 2. The average molecular weight is 340 g/mol. The quantitative estimate of drug-likeness (QED) is 0.551. The molecule has 0 atom stereocenters. The number of aliphatic carboxylic acids is 1. The van der Waals surface area contributed by atoms with Crippen molar-refractivity contribution >= 4 is 5.97 Å². The summed E-state index contributed by atoms with van der Waals surface area (Å²) in [6.07, 6.45) is 3.46. The van der Waals surface area contributed by atoms with Crippen molar-refractivity contribution in [3.05, 3.63) is 91.5 Å². The van der Waals surface area contributed by atoms with Gasteiger partial charge in [0, 0.05) is 12.4 Å². The number of rotatable bonds is 4. The van der Waals surface area contributed by atoms with Crippen LogP contribution in [0.2, 0.25) is 0 Å². The maximum atomic E-state index is 9.71. The van der Waals surface area contributed by atoms with E-state index in [0.717, 1.165) is 11.5 Å². The van der Waals surface area contributed by atoms with Crippen LogP contribution in [0.3, 0.4) is 0 Å². The third-order valence-corrected chi connectivity index (χ3v) is 2.61. The molecule has 0 spiro atoms. The van der Waals surface area contributed by atoms with E-state index in [9.17, 15) is 4.79 Å². The van der Waals surface area contributed by atoms with E-state index in [-0.39, 0.29) is 5.76 Å². The second-order valence-corrected chi connectivity index (χ2v) is 4.43. The predicted molar refractivity (Wildman–Crippen MR) is 95.3 cm³/mol. The first-order valence-corrected chi connectivity index (χ1v) is 7.31. The van der Waals surface area contributed by atoms with Gasteiger partial charge in [-0.15, -0.1) is 0 Å². The van der Waals surface area contributed by atoms with Gasteiger partial charge in [0.2, 0.25) is 0 Å². The van der Waals surface area contributed by atoms with Gasteiger partial charge in [0.25, 0.3) is 0 Å². The number of methoxy groups -OCH3 is 1. The van der Waals surface area contributed by atoms with E-state index in [1.54, 1.807) is 12.4 Å². The molecular formula is C19H20N2O4. The van der Waals surface area contributed by atoms with Crippen LogP contribution in [0.4, 0.5) is 0 Å². The number of carboxylic acid groups (broad SMARTS) is 1. The van der Waals surface area contributed by atoms with Crippen LogP contribution in [0, 0.1) is 0 Å². The van der Waals surface area contributed by atoms with Gasteiger partial charge in [-0.05, 0) is 36.9 Å². The lowest BCUT2D eigenvalue weighted by Gasteiger charge is -2.03. The minimum absolute atomic E-state index is 0.236. The van der Waals surface area contributed by atoms with Crippen LogP contribution in [0.15, 0.2) is 91.5 Å². The first-order chi connectivity index (χ1) is 12.1. The van der Waals surface area contributed by atoms with Gasteiger partial charge in [-0.2, -0.15) is 5.10 Å². The van der Waals surface area contributed by atoms with Crippen molar-refractivity contribution in [3.63, 3.8) is 0 Å². The van der Waals surface area contributed by atoms with Crippen LogP contribution in [-0.2, 0) is 9.53 Å². The van der Waals surface area contributed by atoms with Crippen molar-refractivity contribution in [2.75, 3.05) is 7.11 Å². The molecular weight excluding hydrogens is 320 g/mol. The van der Waals surface area contributed by atoms with Crippen molar-refractivity contribution < 1.29 is 19.4 Å². The van der Waals surface area contributed by atoms with E-state index >= 15 is 0 Å². The number of H-pyrrole nitrogens is 1. The first kappa shape index (κ1) is 19.5. The molecule has 0 aliphatic heterocycles. The highest BCUT2D eigenvalue weighted by atomic mass is 16.5. The summed E-state index contributed by atoms with van der Waals surface area (Å²) >= 11 is 0. The van der Waals surface area contributed by atoms with E-state index < -0.39 is 5.97 Å². The highest BCUT2D eigenvalue weighted by Gasteiger charge is 1.98. The van der Waals surface area contributed by atoms with Gasteiger partial charge in [-0.1, -0.05) is 36.4 Å². The summed E-state index contributed by atoms with van der Waals surface area (Å²) in [6.45, 7) is 3.05. The van der Waals surface area contributed by atoms with E-state index in [4.69, 9.17) is 9.84 Å². The molecule has 0 saturated carbocycles. The fraction of sp³-hybridized carbons (Fsp3) is 0.0526. The second kappa shape index (κ2) is 12.0. The largest absolute Gasteiger partial charge is 0.490 e. The van der Waals surface area contributed by atoms with Gasteiger partial charge >= 0.3 is 5.97 Å². The van der Waals surface area contributed by atoms with E-state index in [1.807, 2.05) is 66.7 Å². The van der Waals surface area contributed by atoms with Crippen LogP contribution in [0.5, 0.6) is 11.5 Å². The van der Waals surface area contributed by atoms with Gasteiger partial charge < -0.3 is 14.6 Å². The minimum atomic E-state index is -1.12. The Balaban J connectivity index is 0.000000219. The number of nitrogens with zero attached hydrogens (tertiary/aromatic N) is 1. The fourth-order valence-electron chi connectivity index (χ4n) is 1.42. The minimum Gasteiger partial charge on any atom is -0.490 e. The van der Waals surface area contributed by atoms with Crippen LogP contribution in [0.25, 0.3) is 0 Å². The lowest BCUT2D eigenvalue weighted by Crippen LogP contribution is -1.99. The van der Waals surface area contributed by atoms with Gasteiger partial charge in [-0.25, -0.2) is 4.79 Å². The second-order valence-electron chi connectivity index (χ2n) is 4.43. The van der Waals surface area contributed by atoms with Gasteiger partial charge in [0.05, 0.1) is 7.11 Å². The molecule has 0 bridgehead atoms. The number of aromatic nitrogens is 2. The van der Waals surface area contributed by atoms with Gasteiger partial charge in [0.15, 0.2) is 5.76 Å². The molecule has 1 aromatic heterocycles. The number of nitrogens with one attached hydrogen (secondary N) is 1. The number of benzene rings is 2. The zero-order chi connectivity index (χ0) is 18.3. The molecule has 25 heavy (non-hydrogen) atoms. The summed E-state index contributed by atoms with van der Waals surface area (Å²) in [5.41, 5.74) is 0. The van der Waals surface area contributed by atoms with E-state index in [1.165, 1.54) is 7.11 Å². The molecule has 0 radical (unpaired) electrons. The molecule has 2 N–H and O–H groups in total. The molecule has 6 heteroatoms. The Morgan fingerprint density at radius 1 is 1.00 bits per heavy atom. The highest BCUT2D eigenvalue weighted by Crippen LogP contribution is 2.19. The normalized spacial score (nSPS) is 8.68. The summed E-state index contributed by atoms with van der Waals surface area (Å²) in [6, 6.07) is 21.3. The third-order valence-electron chi connectivity index (χ3n) is 2.61. The smallest absolute Gasteiger partial charge is 0.370 e. The molecule has 1 heterocycles. The molecule has 0 saturated heterocycles. The number of ether oxygens (including phenoxy) is 2. The maximum absolute atomic E-state index is 9.71. The highest BCUT2D eigenvalue weighted by molar-refractivity contribution is 5.83. The van der Waals surface area contributed by atoms with Crippen LogP contribution in [-0.4, -0.2) is 28.4 Å². The van der Waals surface area contributed by atoms with Gasteiger partial charge in [-0.3, -0.25) is 5.10 Å². The van der Waals surface area contributed by atoms with Gasteiger partial charge in [0.1, 0.15) is 11.5 Å². The van der Waals surface area contributed by atoms with E-state index in [0.29, 0.717) is 0 Å². The van der Waals surface area contributed by atoms with Crippen molar-refractivity contribution in [2.24, 2.45) is 0 Å². The Kier molecular flexibility index (Phi) is 9.33. The molecule has 0 unspecified atom stereocenters. The Morgan fingerprint density at radius 3 is 1.76 bits per heavy atom. The van der Waals surface area contributed by atoms with Crippen LogP contribution < -0.4 is 4.74 Å². The maximum Gasteiger partial charge on any atom is 0.370 e. The summed E-state index contributed by atoms with van der Waals surface area (Å²) in [5.74, 6) is 0.380. The zero-order valence-electron chi connectivity index (χ0n) is 13.8. The third kappa shape index (κ3) is 9.25. The molecule has 0 aliphatic carbocycles. The Morgan fingerprint density at radius 2 is 1.52 bits per heavy atom. The van der Waals surface area contributed by atoms with Crippen molar-refractivity contribution in [1.82, 2.24) is 10.2 Å². The Bertz CT molecular complexity index is 659. The van der Waals surface area contributed by atoms with Crippen molar-refractivity contribution in [1.29, 1.82) is 0 Å². The molecule has 0 aliphatic rings. The van der Waals surface area contributed by atoms with Crippen LogP contribution in [0.1, 0.15) is 0 Å². The van der Waals surface area contributed by atoms with E-state index in [2.05, 4.69) is 21.5 Å². The predicted octanol–water partition coefficient (Wildman–Crippen LogP) is 4.12. The lowest BCUT2D eigenvalue weighted by atomic mass is 10.3. The summed E-state index contributed by atoms with van der Waals surface area (Å²) in [4.78, 5) is 9.71. The number of aromatic amines is 1. The molecule has 3 rings (SSSR count). The number of hydrogen-bond donors (Lipinski definition) is 2. The Hall–Kier alpha value is -3.54.